The maximum atomic E-state index is 11.5. The summed E-state index contributed by atoms with van der Waals surface area (Å²) >= 11 is 0. The molecule has 0 aromatic carbocycles. The molecule has 14 heavy (non-hydrogen) atoms. The Morgan fingerprint density at radius 3 is 2.86 bits per heavy atom. The third-order valence-electron chi connectivity index (χ3n) is 2.90. The fraction of sp³-hybridized carbons (Fsp3) is 0.800. The second kappa shape index (κ2) is 3.98. The maximum absolute atomic E-state index is 11.5. The molecular formula is C10H16N2O2. The third kappa shape index (κ3) is 2.47. The van der Waals surface area contributed by atoms with E-state index in [1.165, 1.54) is 12.8 Å². The Bertz CT molecular complexity index is 249. The largest absolute Gasteiger partial charge is 0.356 e. The molecule has 0 bridgehead atoms. The fourth-order valence-corrected chi connectivity index (χ4v) is 1.74. The minimum absolute atomic E-state index is 0.00709. The molecule has 1 aliphatic heterocycles. The van der Waals surface area contributed by atoms with Gasteiger partial charge >= 0.3 is 0 Å². The fourth-order valence-electron chi connectivity index (χ4n) is 1.74. The average Bonchev–Trinajstić information content (AvgIpc) is 2.87. The summed E-state index contributed by atoms with van der Waals surface area (Å²) in [5.41, 5.74) is 0. The highest BCUT2D eigenvalue weighted by Gasteiger charge is 2.28. The Labute approximate surface area is 83.4 Å². The summed E-state index contributed by atoms with van der Waals surface area (Å²) in [6.45, 7) is 1.28. The van der Waals surface area contributed by atoms with Gasteiger partial charge in [-0.1, -0.05) is 12.8 Å². The van der Waals surface area contributed by atoms with E-state index in [9.17, 15) is 9.59 Å². The molecule has 0 radical (unpaired) electrons. The number of rotatable bonds is 4. The van der Waals surface area contributed by atoms with Crippen LogP contribution in [0.4, 0.5) is 0 Å². The van der Waals surface area contributed by atoms with E-state index >= 15 is 0 Å². The van der Waals surface area contributed by atoms with E-state index in [0.717, 1.165) is 18.9 Å². The van der Waals surface area contributed by atoms with Gasteiger partial charge in [0.05, 0.1) is 5.92 Å². The quantitative estimate of drug-likeness (QED) is 0.667. The minimum atomic E-state index is -0.137. The average molecular weight is 196 g/mol. The molecule has 4 heteroatoms. The Hall–Kier alpha value is -1.06. The monoisotopic (exact) mass is 196 g/mol. The van der Waals surface area contributed by atoms with Crippen LogP contribution in [0.25, 0.3) is 0 Å². The van der Waals surface area contributed by atoms with Crippen LogP contribution in [0.5, 0.6) is 0 Å². The minimum Gasteiger partial charge on any atom is -0.356 e. The molecule has 4 nitrogen and oxygen atoms in total. The number of nitrogens with one attached hydrogen (secondary N) is 2. The Morgan fingerprint density at radius 2 is 2.29 bits per heavy atom. The van der Waals surface area contributed by atoms with Gasteiger partial charge in [-0.15, -0.1) is 0 Å². The highest BCUT2D eigenvalue weighted by atomic mass is 16.2. The molecule has 0 aromatic heterocycles. The third-order valence-corrected chi connectivity index (χ3v) is 2.90. The van der Waals surface area contributed by atoms with Crippen molar-refractivity contribution >= 4 is 11.8 Å². The number of hydrogen-bond acceptors (Lipinski definition) is 2. The first kappa shape index (κ1) is 9.49. The molecule has 1 saturated heterocycles. The van der Waals surface area contributed by atoms with Crippen molar-refractivity contribution in [3.63, 3.8) is 0 Å². The molecule has 2 N–H and O–H groups in total. The molecule has 78 valence electrons. The first-order valence-electron chi connectivity index (χ1n) is 5.30. The number of hydrogen-bond donors (Lipinski definition) is 2. The van der Waals surface area contributed by atoms with E-state index in [1.807, 2.05) is 0 Å². The lowest BCUT2D eigenvalue weighted by Crippen LogP contribution is -2.32. The zero-order chi connectivity index (χ0) is 9.97. The van der Waals surface area contributed by atoms with Crippen LogP contribution in [-0.2, 0) is 9.59 Å². The molecule has 1 heterocycles. The second-order valence-electron chi connectivity index (χ2n) is 4.23. The van der Waals surface area contributed by atoms with Gasteiger partial charge in [0.2, 0.25) is 11.8 Å². The summed E-state index contributed by atoms with van der Waals surface area (Å²) in [5.74, 6) is 0.733. The van der Waals surface area contributed by atoms with Gasteiger partial charge in [0, 0.05) is 19.5 Å². The highest BCUT2D eigenvalue weighted by molar-refractivity contribution is 5.89. The molecule has 2 amide bonds. The van der Waals surface area contributed by atoms with Crippen LogP contribution in [-0.4, -0.2) is 24.9 Å². The Kier molecular flexibility index (Phi) is 2.70. The summed E-state index contributed by atoms with van der Waals surface area (Å²) < 4.78 is 0. The predicted octanol–water partition coefficient (Wildman–Crippen LogP) is 0.0388. The van der Waals surface area contributed by atoms with E-state index in [2.05, 4.69) is 10.6 Å². The standard InChI is InChI=1S/C10H16N2O2/c13-9-5-8(6-12-9)10(14)11-4-3-7-1-2-7/h7-8H,1-6H2,(H,11,14)(H,12,13). The Balaban J connectivity index is 1.64. The zero-order valence-corrected chi connectivity index (χ0v) is 8.21. The predicted molar refractivity (Wildman–Crippen MR) is 51.5 cm³/mol. The van der Waals surface area contributed by atoms with Crippen LogP contribution in [0, 0.1) is 11.8 Å². The normalized spacial score (nSPS) is 26.0. The van der Waals surface area contributed by atoms with Crippen LogP contribution in [0.3, 0.4) is 0 Å². The summed E-state index contributed by atoms with van der Waals surface area (Å²) in [7, 11) is 0. The molecule has 1 unspecified atom stereocenters. The van der Waals surface area contributed by atoms with Gasteiger partial charge in [-0.2, -0.15) is 0 Å². The lowest BCUT2D eigenvalue weighted by atomic mass is 10.1. The maximum Gasteiger partial charge on any atom is 0.225 e. The van der Waals surface area contributed by atoms with Crippen molar-refractivity contribution in [1.82, 2.24) is 10.6 Å². The summed E-state index contributed by atoms with van der Waals surface area (Å²) in [5, 5.41) is 5.55. The first-order valence-corrected chi connectivity index (χ1v) is 5.30. The molecular weight excluding hydrogens is 180 g/mol. The van der Waals surface area contributed by atoms with Crippen molar-refractivity contribution in [3.8, 4) is 0 Å². The SMILES string of the molecule is O=C1CC(C(=O)NCCC2CC2)CN1. The van der Waals surface area contributed by atoms with Gasteiger partial charge < -0.3 is 10.6 Å². The van der Waals surface area contributed by atoms with Gasteiger partial charge in [0.25, 0.3) is 0 Å². The molecule has 0 aromatic rings. The van der Waals surface area contributed by atoms with Gasteiger partial charge in [-0.05, 0) is 12.3 Å². The van der Waals surface area contributed by atoms with E-state index in [1.54, 1.807) is 0 Å². The van der Waals surface area contributed by atoms with Crippen molar-refractivity contribution in [2.45, 2.75) is 25.7 Å². The van der Waals surface area contributed by atoms with Crippen LogP contribution >= 0.6 is 0 Å². The molecule has 0 spiro atoms. The van der Waals surface area contributed by atoms with Gasteiger partial charge in [0.15, 0.2) is 0 Å². The van der Waals surface area contributed by atoms with Crippen LogP contribution in [0.2, 0.25) is 0 Å². The van der Waals surface area contributed by atoms with Gasteiger partial charge in [-0.3, -0.25) is 9.59 Å². The van der Waals surface area contributed by atoms with Crippen LogP contribution < -0.4 is 10.6 Å². The molecule has 2 rings (SSSR count). The molecule has 1 aliphatic carbocycles. The number of carbonyl (C=O) groups is 2. The second-order valence-corrected chi connectivity index (χ2v) is 4.23. The molecule has 2 fully saturated rings. The van der Waals surface area contributed by atoms with Gasteiger partial charge in [-0.25, -0.2) is 0 Å². The van der Waals surface area contributed by atoms with E-state index < -0.39 is 0 Å². The summed E-state index contributed by atoms with van der Waals surface area (Å²) in [4.78, 5) is 22.3. The zero-order valence-electron chi connectivity index (χ0n) is 8.21. The lowest BCUT2D eigenvalue weighted by molar-refractivity contribution is -0.126. The van der Waals surface area contributed by atoms with Crippen molar-refractivity contribution in [2.75, 3.05) is 13.1 Å². The topological polar surface area (TPSA) is 58.2 Å². The summed E-state index contributed by atoms with van der Waals surface area (Å²) in [6, 6.07) is 0. The number of carbonyl (C=O) groups excluding carboxylic acids is 2. The van der Waals surface area contributed by atoms with Crippen molar-refractivity contribution < 1.29 is 9.59 Å². The highest BCUT2D eigenvalue weighted by Crippen LogP contribution is 2.31. The van der Waals surface area contributed by atoms with Gasteiger partial charge in [0.1, 0.15) is 0 Å². The first-order chi connectivity index (χ1) is 6.75. The Morgan fingerprint density at radius 1 is 1.50 bits per heavy atom. The van der Waals surface area contributed by atoms with E-state index in [-0.39, 0.29) is 17.7 Å². The van der Waals surface area contributed by atoms with Crippen molar-refractivity contribution in [2.24, 2.45) is 11.8 Å². The van der Waals surface area contributed by atoms with E-state index in [0.29, 0.717) is 13.0 Å². The van der Waals surface area contributed by atoms with Crippen molar-refractivity contribution in [1.29, 1.82) is 0 Å². The van der Waals surface area contributed by atoms with Crippen LogP contribution in [0.15, 0.2) is 0 Å². The smallest absolute Gasteiger partial charge is 0.225 e. The summed E-state index contributed by atoms with van der Waals surface area (Å²) in [6.07, 6.45) is 4.09. The molecule has 1 atom stereocenters. The van der Waals surface area contributed by atoms with E-state index in [4.69, 9.17) is 0 Å². The number of amides is 2. The van der Waals surface area contributed by atoms with Crippen molar-refractivity contribution in [3.05, 3.63) is 0 Å². The molecule has 2 aliphatic rings. The van der Waals surface area contributed by atoms with Crippen LogP contribution in [0.1, 0.15) is 25.7 Å². The lowest BCUT2D eigenvalue weighted by Gasteiger charge is -2.08. The molecule has 1 saturated carbocycles.